The second-order valence-electron chi connectivity index (χ2n) is 5.23. The van der Waals surface area contributed by atoms with Crippen LogP contribution in [0.3, 0.4) is 0 Å². The zero-order valence-corrected chi connectivity index (χ0v) is 12.5. The largest absolute Gasteiger partial charge is 0.391 e. The summed E-state index contributed by atoms with van der Waals surface area (Å²) < 4.78 is 0. The van der Waals surface area contributed by atoms with Gasteiger partial charge in [0.15, 0.2) is 6.10 Å². The van der Waals surface area contributed by atoms with E-state index in [0.29, 0.717) is 6.54 Å². The van der Waals surface area contributed by atoms with E-state index in [9.17, 15) is 20.1 Å². The summed E-state index contributed by atoms with van der Waals surface area (Å²) >= 11 is 0. The number of nitrogens with one attached hydrogen (secondary N) is 1. The molecule has 4 atom stereocenters. The second kappa shape index (κ2) is 11.0. The lowest BCUT2D eigenvalue weighted by Gasteiger charge is -2.24. The number of aliphatic hydroxyl groups is 4. The van der Waals surface area contributed by atoms with Crippen molar-refractivity contribution < 1.29 is 25.2 Å². The van der Waals surface area contributed by atoms with Gasteiger partial charge in [-0.25, -0.2) is 0 Å². The highest BCUT2D eigenvalue weighted by molar-refractivity contribution is 5.81. The zero-order valence-electron chi connectivity index (χ0n) is 12.5. The van der Waals surface area contributed by atoms with Gasteiger partial charge in [-0.3, -0.25) is 4.79 Å². The number of rotatable bonds is 11. The van der Waals surface area contributed by atoms with Crippen LogP contribution < -0.4 is 5.32 Å². The quantitative estimate of drug-likeness (QED) is 0.342. The van der Waals surface area contributed by atoms with Gasteiger partial charge in [0.2, 0.25) is 0 Å². The van der Waals surface area contributed by atoms with Crippen LogP contribution in [0.15, 0.2) is 0 Å². The maximum atomic E-state index is 11.5. The van der Waals surface area contributed by atoms with Crippen molar-refractivity contribution in [1.82, 2.24) is 5.32 Å². The van der Waals surface area contributed by atoms with Gasteiger partial charge in [-0.2, -0.15) is 0 Å². The number of carbonyl (C=O) groups excluding carboxylic acids is 1. The lowest BCUT2D eigenvalue weighted by atomic mass is 10.0. The summed E-state index contributed by atoms with van der Waals surface area (Å²) in [5.41, 5.74) is 0. The van der Waals surface area contributed by atoms with E-state index in [4.69, 9.17) is 5.11 Å². The van der Waals surface area contributed by atoms with E-state index < -0.39 is 30.3 Å². The third-order valence-electron chi connectivity index (χ3n) is 3.27. The highest BCUT2D eigenvalue weighted by atomic mass is 16.4. The van der Waals surface area contributed by atoms with Gasteiger partial charge < -0.3 is 25.7 Å². The Morgan fingerprint density at radius 1 is 0.950 bits per heavy atom. The molecule has 120 valence electrons. The molecule has 0 saturated carbocycles. The fourth-order valence-electron chi connectivity index (χ4n) is 1.85. The Balaban J connectivity index is 3.80. The van der Waals surface area contributed by atoms with Crippen molar-refractivity contribution in [3.63, 3.8) is 0 Å². The molecule has 0 aliphatic carbocycles. The van der Waals surface area contributed by atoms with Crippen LogP contribution in [-0.2, 0) is 4.79 Å². The molecule has 0 aromatic heterocycles. The Labute approximate surface area is 120 Å². The number of carbonyl (C=O) groups is 1. The van der Waals surface area contributed by atoms with E-state index in [1.165, 1.54) is 26.2 Å². The molecule has 0 radical (unpaired) electrons. The first kappa shape index (κ1) is 19.3. The zero-order chi connectivity index (χ0) is 15.5. The Morgan fingerprint density at radius 3 is 2.05 bits per heavy atom. The first-order valence-corrected chi connectivity index (χ1v) is 7.41. The first-order chi connectivity index (χ1) is 9.41. The topological polar surface area (TPSA) is 110 Å². The third kappa shape index (κ3) is 7.79. The van der Waals surface area contributed by atoms with Crippen LogP contribution in [0.2, 0.25) is 0 Å². The molecule has 0 fully saturated rings. The molecule has 0 bridgehead atoms. The standard InChI is InChI=1S/C14H29NO5/c1-3-4-5-6-7-8-9-15-14(20)13(19)12(18)11(17)10(2)16/h10-13,16-19H,3-9H2,1-2H3,(H,15,20)/t10-,11-,12+,13-/m1/s1. The van der Waals surface area contributed by atoms with Crippen LogP contribution in [0.1, 0.15) is 52.4 Å². The fourth-order valence-corrected chi connectivity index (χ4v) is 1.85. The van der Waals surface area contributed by atoms with Crippen molar-refractivity contribution in [2.24, 2.45) is 0 Å². The van der Waals surface area contributed by atoms with Crippen molar-refractivity contribution in [3.8, 4) is 0 Å². The minimum Gasteiger partial charge on any atom is -0.391 e. The maximum Gasteiger partial charge on any atom is 0.251 e. The molecule has 5 N–H and O–H groups in total. The molecule has 6 heteroatoms. The van der Waals surface area contributed by atoms with Gasteiger partial charge >= 0.3 is 0 Å². The van der Waals surface area contributed by atoms with Gasteiger partial charge in [-0.1, -0.05) is 39.0 Å². The van der Waals surface area contributed by atoms with Crippen LogP contribution in [0.5, 0.6) is 0 Å². The van der Waals surface area contributed by atoms with Gasteiger partial charge in [-0.15, -0.1) is 0 Å². The summed E-state index contributed by atoms with van der Waals surface area (Å²) in [6.07, 6.45) is 0.338. The summed E-state index contributed by atoms with van der Waals surface area (Å²) in [7, 11) is 0. The van der Waals surface area contributed by atoms with Gasteiger partial charge in [0.1, 0.15) is 12.2 Å². The average molecular weight is 291 g/mol. The summed E-state index contributed by atoms with van der Waals surface area (Å²) in [5, 5.41) is 40.0. The normalized spacial score (nSPS) is 17.3. The number of unbranched alkanes of at least 4 members (excludes halogenated alkanes) is 5. The third-order valence-corrected chi connectivity index (χ3v) is 3.27. The predicted octanol–water partition coefficient (Wildman–Crippen LogP) is -0.0734. The smallest absolute Gasteiger partial charge is 0.251 e. The molecule has 0 aromatic rings. The van der Waals surface area contributed by atoms with Gasteiger partial charge in [0, 0.05) is 6.54 Å². The second-order valence-corrected chi connectivity index (χ2v) is 5.23. The summed E-state index contributed by atoms with van der Waals surface area (Å²) in [6.45, 7) is 3.85. The molecule has 0 aliphatic rings. The van der Waals surface area contributed by atoms with Crippen LogP contribution in [0.25, 0.3) is 0 Å². The molecule has 1 amide bonds. The van der Waals surface area contributed by atoms with E-state index in [0.717, 1.165) is 19.3 Å². The highest BCUT2D eigenvalue weighted by Gasteiger charge is 2.32. The minimum absolute atomic E-state index is 0.430. The van der Waals surface area contributed by atoms with E-state index in [2.05, 4.69) is 12.2 Å². The molecule has 0 rings (SSSR count). The molecule has 0 unspecified atom stereocenters. The highest BCUT2D eigenvalue weighted by Crippen LogP contribution is 2.06. The summed E-state index contributed by atoms with van der Waals surface area (Å²) in [5.74, 6) is -0.731. The van der Waals surface area contributed by atoms with Crippen molar-refractivity contribution in [3.05, 3.63) is 0 Å². The Kier molecular flexibility index (Phi) is 10.6. The lowest BCUT2D eigenvalue weighted by molar-refractivity contribution is -0.145. The van der Waals surface area contributed by atoms with Crippen molar-refractivity contribution in [2.45, 2.75) is 76.8 Å². The van der Waals surface area contributed by atoms with Gasteiger partial charge in [-0.05, 0) is 13.3 Å². The summed E-state index contributed by atoms with van der Waals surface area (Å²) in [6, 6.07) is 0. The average Bonchev–Trinajstić information content (AvgIpc) is 2.43. The van der Waals surface area contributed by atoms with Gasteiger partial charge in [0.25, 0.3) is 5.91 Å². The first-order valence-electron chi connectivity index (χ1n) is 7.41. The van der Waals surface area contributed by atoms with Crippen LogP contribution >= 0.6 is 0 Å². The molecule has 20 heavy (non-hydrogen) atoms. The Hall–Kier alpha value is -0.690. The van der Waals surface area contributed by atoms with Crippen molar-refractivity contribution in [2.75, 3.05) is 6.54 Å². The number of amides is 1. The molecular formula is C14H29NO5. The Bertz CT molecular complexity index is 260. The van der Waals surface area contributed by atoms with E-state index in [1.54, 1.807) is 0 Å². The minimum atomic E-state index is -1.74. The molecule has 0 heterocycles. The molecule has 0 aromatic carbocycles. The lowest BCUT2D eigenvalue weighted by Crippen LogP contribution is -2.50. The van der Waals surface area contributed by atoms with Crippen LogP contribution in [0, 0.1) is 0 Å². The van der Waals surface area contributed by atoms with Crippen LogP contribution in [-0.4, -0.2) is 57.3 Å². The number of aliphatic hydroxyl groups excluding tert-OH is 4. The van der Waals surface area contributed by atoms with E-state index in [-0.39, 0.29) is 0 Å². The van der Waals surface area contributed by atoms with Crippen LogP contribution in [0.4, 0.5) is 0 Å². The predicted molar refractivity (Wildman–Crippen MR) is 76.1 cm³/mol. The number of hydrogen-bond acceptors (Lipinski definition) is 5. The SMILES string of the molecule is CCCCCCCCNC(=O)[C@H](O)[C@@H](O)[C@H](O)[C@@H](C)O. The summed E-state index contributed by atoms with van der Waals surface area (Å²) in [4.78, 5) is 11.5. The van der Waals surface area contributed by atoms with E-state index >= 15 is 0 Å². The maximum absolute atomic E-state index is 11.5. The molecule has 0 saturated heterocycles. The molecule has 0 aliphatic heterocycles. The molecular weight excluding hydrogens is 262 g/mol. The van der Waals surface area contributed by atoms with E-state index in [1.807, 2.05) is 0 Å². The number of hydrogen-bond donors (Lipinski definition) is 5. The fraction of sp³-hybridized carbons (Fsp3) is 0.929. The Morgan fingerprint density at radius 2 is 1.50 bits per heavy atom. The molecule has 0 spiro atoms. The molecule has 6 nitrogen and oxygen atoms in total. The van der Waals surface area contributed by atoms with Gasteiger partial charge in [0.05, 0.1) is 6.10 Å². The van der Waals surface area contributed by atoms with Crippen molar-refractivity contribution in [1.29, 1.82) is 0 Å². The monoisotopic (exact) mass is 291 g/mol. The van der Waals surface area contributed by atoms with Crippen molar-refractivity contribution >= 4 is 5.91 Å².